The summed E-state index contributed by atoms with van der Waals surface area (Å²) in [6.07, 6.45) is 0.216. The van der Waals surface area contributed by atoms with Crippen LogP contribution in [0.15, 0.2) is 18.2 Å². The first-order valence-corrected chi connectivity index (χ1v) is 5.62. The zero-order chi connectivity index (χ0) is 12.0. The van der Waals surface area contributed by atoms with E-state index >= 15 is 0 Å². The van der Waals surface area contributed by atoms with Crippen LogP contribution in [0, 0.1) is 0 Å². The molecule has 0 spiro atoms. The average molecular weight is 263 g/mol. The number of halogens is 2. The Morgan fingerprint density at radius 1 is 1.31 bits per heavy atom. The number of rotatable bonds is 5. The second-order valence-corrected chi connectivity index (χ2v) is 3.79. The molecule has 0 unspecified atom stereocenters. The summed E-state index contributed by atoms with van der Waals surface area (Å²) in [6.45, 7) is 2.40. The second-order valence-electron chi connectivity index (χ2n) is 2.98. The predicted octanol–water partition coefficient (Wildman–Crippen LogP) is 3.33. The van der Waals surface area contributed by atoms with E-state index < -0.39 is 0 Å². The van der Waals surface area contributed by atoms with Crippen molar-refractivity contribution in [3.05, 3.63) is 28.2 Å². The van der Waals surface area contributed by atoms with Gasteiger partial charge < -0.3 is 9.47 Å². The zero-order valence-electron chi connectivity index (χ0n) is 8.83. The molecule has 0 aliphatic heterocycles. The fourth-order valence-electron chi connectivity index (χ4n) is 1.05. The van der Waals surface area contributed by atoms with Gasteiger partial charge in [0.05, 0.1) is 29.7 Å². The standard InChI is InChI=1S/C11H12Cl2O3/c1-2-15-11(14)5-6-16-8-3-4-9(12)10(13)7-8/h3-4,7H,2,5-6H2,1H3. The first kappa shape index (κ1) is 13.1. The molecule has 0 atom stereocenters. The molecule has 0 fully saturated rings. The number of carbonyl (C=O) groups excluding carboxylic acids is 1. The van der Waals surface area contributed by atoms with E-state index in [9.17, 15) is 4.79 Å². The van der Waals surface area contributed by atoms with Crippen LogP contribution >= 0.6 is 23.2 Å². The van der Waals surface area contributed by atoms with Gasteiger partial charge in [0.1, 0.15) is 5.75 Å². The van der Waals surface area contributed by atoms with Crippen LogP contribution in [-0.2, 0) is 9.53 Å². The molecule has 0 radical (unpaired) electrons. The SMILES string of the molecule is CCOC(=O)CCOc1ccc(Cl)c(Cl)c1. The van der Waals surface area contributed by atoms with Gasteiger partial charge in [-0.1, -0.05) is 23.2 Å². The molecule has 1 rings (SSSR count). The molecular formula is C11H12Cl2O3. The van der Waals surface area contributed by atoms with E-state index in [4.69, 9.17) is 32.7 Å². The molecule has 0 saturated heterocycles. The summed E-state index contributed by atoms with van der Waals surface area (Å²) >= 11 is 11.5. The largest absolute Gasteiger partial charge is 0.493 e. The smallest absolute Gasteiger partial charge is 0.309 e. The lowest BCUT2D eigenvalue weighted by molar-refractivity contribution is -0.143. The van der Waals surface area contributed by atoms with E-state index in [1.807, 2.05) is 0 Å². The van der Waals surface area contributed by atoms with E-state index in [0.717, 1.165) is 0 Å². The van der Waals surface area contributed by atoms with Gasteiger partial charge >= 0.3 is 5.97 Å². The fourth-order valence-corrected chi connectivity index (χ4v) is 1.34. The summed E-state index contributed by atoms with van der Waals surface area (Å²) < 4.78 is 10.1. The van der Waals surface area contributed by atoms with E-state index in [-0.39, 0.29) is 19.0 Å². The van der Waals surface area contributed by atoms with Crippen LogP contribution in [0.5, 0.6) is 5.75 Å². The van der Waals surface area contributed by atoms with Crippen molar-refractivity contribution in [1.29, 1.82) is 0 Å². The van der Waals surface area contributed by atoms with Gasteiger partial charge in [0, 0.05) is 6.07 Å². The van der Waals surface area contributed by atoms with Gasteiger partial charge in [-0.05, 0) is 19.1 Å². The summed E-state index contributed by atoms with van der Waals surface area (Å²) in [4.78, 5) is 11.0. The molecule has 3 nitrogen and oxygen atoms in total. The lowest BCUT2D eigenvalue weighted by Gasteiger charge is -2.06. The molecule has 0 aliphatic carbocycles. The number of hydrogen-bond donors (Lipinski definition) is 0. The molecule has 0 aromatic heterocycles. The quantitative estimate of drug-likeness (QED) is 0.764. The van der Waals surface area contributed by atoms with Crippen LogP contribution in [-0.4, -0.2) is 19.2 Å². The predicted molar refractivity (Wildman–Crippen MR) is 63.2 cm³/mol. The van der Waals surface area contributed by atoms with E-state index in [2.05, 4.69) is 0 Å². The van der Waals surface area contributed by atoms with Gasteiger partial charge in [-0.15, -0.1) is 0 Å². The first-order valence-electron chi connectivity index (χ1n) is 4.87. The lowest BCUT2D eigenvalue weighted by atomic mass is 10.3. The van der Waals surface area contributed by atoms with Crippen molar-refractivity contribution in [3.8, 4) is 5.75 Å². The Morgan fingerprint density at radius 3 is 2.69 bits per heavy atom. The highest BCUT2D eigenvalue weighted by Crippen LogP contribution is 2.26. The monoisotopic (exact) mass is 262 g/mol. The fraction of sp³-hybridized carbons (Fsp3) is 0.364. The molecule has 5 heteroatoms. The number of carbonyl (C=O) groups is 1. The Labute approximate surface area is 104 Å². The number of hydrogen-bond acceptors (Lipinski definition) is 3. The first-order chi connectivity index (χ1) is 7.63. The molecule has 16 heavy (non-hydrogen) atoms. The maximum Gasteiger partial charge on any atom is 0.309 e. The van der Waals surface area contributed by atoms with Crippen LogP contribution in [0.2, 0.25) is 10.0 Å². The van der Waals surface area contributed by atoms with Crippen molar-refractivity contribution in [2.45, 2.75) is 13.3 Å². The van der Waals surface area contributed by atoms with Gasteiger partial charge in [0.2, 0.25) is 0 Å². The highest BCUT2D eigenvalue weighted by atomic mass is 35.5. The molecule has 0 heterocycles. The Morgan fingerprint density at radius 2 is 2.06 bits per heavy atom. The van der Waals surface area contributed by atoms with Gasteiger partial charge in [-0.25, -0.2) is 0 Å². The number of benzene rings is 1. The molecular weight excluding hydrogens is 251 g/mol. The minimum atomic E-state index is -0.275. The molecule has 0 bridgehead atoms. The molecule has 1 aromatic carbocycles. The summed E-state index contributed by atoms with van der Waals surface area (Å²) in [6, 6.07) is 4.94. The minimum absolute atomic E-state index is 0.216. The maximum atomic E-state index is 11.0. The summed E-state index contributed by atoms with van der Waals surface area (Å²) in [5.74, 6) is 0.307. The molecule has 0 amide bonds. The third-order valence-corrected chi connectivity index (χ3v) is 2.51. The average Bonchev–Trinajstić information content (AvgIpc) is 2.24. The number of ether oxygens (including phenoxy) is 2. The van der Waals surface area contributed by atoms with Gasteiger partial charge in [0.15, 0.2) is 0 Å². The summed E-state index contributed by atoms with van der Waals surface area (Å²) in [7, 11) is 0. The number of esters is 1. The van der Waals surface area contributed by atoms with Crippen molar-refractivity contribution < 1.29 is 14.3 Å². The van der Waals surface area contributed by atoms with E-state index in [1.165, 1.54) is 0 Å². The topological polar surface area (TPSA) is 35.5 Å². The van der Waals surface area contributed by atoms with Crippen LogP contribution < -0.4 is 4.74 Å². The Kier molecular flexibility index (Phi) is 5.43. The second kappa shape index (κ2) is 6.61. The van der Waals surface area contributed by atoms with Gasteiger partial charge in [-0.3, -0.25) is 4.79 Å². The molecule has 0 saturated carbocycles. The van der Waals surface area contributed by atoms with Crippen molar-refractivity contribution in [2.75, 3.05) is 13.2 Å². The van der Waals surface area contributed by atoms with Crippen LogP contribution in [0.1, 0.15) is 13.3 Å². The highest BCUT2D eigenvalue weighted by molar-refractivity contribution is 6.42. The molecule has 0 N–H and O–H groups in total. The van der Waals surface area contributed by atoms with Crippen molar-refractivity contribution in [1.82, 2.24) is 0 Å². The highest BCUT2D eigenvalue weighted by Gasteiger charge is 2.03. The third kappa shape index (κ3) is 4.29. The van der Waals surface area contributed by atoms with Gasteiger partial charge in [-0.2, -0.15) is 0 Å². The van der Waals surface area contributed by atoms with E-state index in [0.29, 0.717) is 22.4 Å². The zero-order valence-corrected chi connectivity index (χ0v) is 10.3. The van der Waals surface area contributed by atoms with Crippen molar-refractivity contribution >= 4 is 29.2 Å². The van der Waals surface area contributed by atoms with Crippen LogP contribution in [0.3, 0.4) is 0 Å². The summed E-state index contributed by atoms with van der Waals surface area (Å²) in [5.41, 5.74) is 0. The summed E-state index contributed by atoms with van der Waals surface area (Å²) in [5, 5.41) is 0.898. The lowest BCUT2D eigenvalue weighted by Crippen LogP contribution is -2.09. The molecule has 1 aromatic rings. The van der Waals surface area contributed by atoms with Crippen LogP contribution in [0.4, 0.5) is 0 Å². The van der Waals surface area contributed by atoms with Crippen LogP contribution in [0.25, 0.3) is 0 Å². The Balaban J connectivity index is 2.37. The minimum Gasteiger partial charge on any atom is -0.493 e. The molecule has 0 aliphatic rings. The normalized spacial score (nSPS) is 9.94. The Bertz CT molecular complexity index is 366. The maximum absolute atomic E-state index is 11.0. The van der Waals surface area contributed by atoms with Crippen molar-refractivity contribution in [2.24, 2.45) is 0 Å². The van der Waals surface area contributed by atoms with Gasteiger partial charge in [0.25, 0.3) is 0 Å². The van der Waals surface area contributed by atoms with E-state index in [1.54, 1.807) is 25.1 Å². The van der Waals surface area contributed by atoms with Crippen molar-refractivity contribution in [3.63, 3.8) is 0 Å². The Hall–Kier alpha value is -0.930. The third-order valence-electron chi connectivity index (χ3n) is 1.77. The molecule has 88 valence electrons.